The van der Waals surface area contributed by atoms with Crippen LogP contribution in [0.1, 0.15) is 63.0 Å². The number of carbonyl (C=O) groups excluding carboxylic acids is 3. The molecule has 1 aromatic carbocycles. The molecule has 0 spiro atoms. The molecule has 4 atom stereocenters. The van der Waals surface area contributed by atoms with Gasteiger partial charge in [0.1, 0.15) is 23.7 Å². The largest absolute Gasteiger partial charge is 0.501 e. The number of nitrogens with zero attached hydrogens (tertiary/aromatic N) is 4. The Kier molecular flexibility index (Phi) is 11.8. The van der Waals surface area contributed by atoms with Crippen LogP contribution in [0, 0.1) is 11.2 Å². The Labute approximate surface area is 277 Å². The molecule has 1 aromatic heterocycles. The van der Waals surface area contributed by atoms with Gasteiger partial charge in [0.2, 0.25) is 11.8 Å². The molecule has 1 aliphatic carbocycles. The van der Waals surface area contributed by atoms with Crippen molar-refractivity contribution in [2.24, 2.45) is 12.5 Å². The summed E-state index contributed by atoms with van der Waals surface area (Å²) in [6.45, 7) is 8.37. The summed E-state index contributed by atoms with van der Waals surface area (Å²) in [5, 5.41) is 5.91. The highest BCUT2D eigenvalue weighted by atomic mass is 19.1. The maximum atomic E-state index is 14.4. The standard InChI is InChI=1S/C35H49FN6O5/c1-23(37-5)32(43)39-31(35(2,3)4)34(45)42-20-29(47-28-14-12-27(46-7)13-15-28)18-26(42)19-41(33(44)30-21-40(6)22-38-30)17-16-24-8-10-25(36)11-9-24/h8-12,14,21-23,26,29,31,37H,13,15-20H2,1-7H3,(H,39,43)/t23-,26-,29-,31+/m0/s1. The summed E-state index contributed by atoms with van der Waals surface area (Å²) in [7, 11) is 5.14. The van der Waals surface area contributed by atoms with Gasteiger partial charge in [0.05, 0.1) is 43.6 Å². The lowest BCUT2D eigenvalue weighted by atomic mass is 9.85. The molecule has 1 fully saturated rings. The van der Waals surface area contributed by atoms with E-state index in [1.165, 1.54) is 12.1 Å². The van der Waals surface area contributed by atoms with Crippen LogP contribution in [0.4, 0.5) is 4.39 Å². The van der Waals surface area contributed by atoms with Crippen LogP contribution in [0.5, 0.6) is 0 Å². The van der Waals surface area contributed by atoms with Crippen molar-refractivity contribution in [1.82, 2.24) is 30.0 Å². The number of likely N-dealkylation sites (N-methyl/N-ethyl adjacent to an activating group) is 1. The minimum atomic E-state index is -0.813. The molecule has 1 aliphatic heterocycles. The average molecular weight is 653 g/mol. The average Bonchev–Trinajstić information content (AvgIpc) is 3.66. The summed E-state index contributed by atoms with van der Waals surface area (Å²) >= 11 is 0. The number of amides is 3. The van der Waals surface area contributed by atoms with E-state index in [2.05, 4.69) is 15.6 Å². The van der Waals surface area contributed by atoms with E-state index >= 15 is 0 Å². The predicted octanol–water partition coefficient (Wildman–Crippen LogP) is 3.58. The van der Waals surface area contributed by atoms with E-state index in [0.717, 1.165) is 23.5 Å². The SMILES string of the molecule is CN[C@@H](C)C(=O)N[C@H](C(=O)N1C[C@@H](OC2=CC=C(OC)CC2)C[C@H]1CN(CCc1ccc(F)cc1)C(=O)c1cn(C)cn1)C(C)(C)C. The fraction of sp³-hybridized carbons (Fsp3) is 0.543. The Bertz CT molecular complexity index is 1460. The molecular formula is C35H49FN6O5. The molecule has 12 heteroatoms. The van der Waals surface area contributed by atoms with Gasteiger partial charge in [-0.1, -0.05) is 32.9 Å². The van der Waals surface area contributed by atoms with E-state index in [-0.39, 0.29) is 36.2 Å². The highest BCUT2D eigenvalue weighted by Crippen LogP contribution is 2.30. The first kappa shape index (κ1) is 35.7. The lowest BCUT2D eigenvalue weighted by molar-refractivity contribution is -0.141. The quantitative estimate of drug-likeness (QED) is 0.340. The fourth-order valence-corrected chi connectivity index (χ4v) is 5.83. The Hall–Kier alpha value is -4.19. The Morgan fingerprint density at radius 2 is 1.81 bits per heavy atom. The number of aromatic nitrogens is 2. The highest BCUT2D eigenvalue weighted by Gasteiger charge is 2.44. The molecule has 0 radical (unpaired) electrons. The first-order chi connectivity index (χ1) is 22.3. The fourth-order valence-electron chi connectivity index (χ4n) is 5.83. The van der Waals surface area contributed by atoms with Crippen LogP contribution in [-0.4, -0.2) is 95.1 Å². The van der Waals surface area contributed by atoms with Gasteiger partial charge < -0.3 is 34.5 Å². The number of halogens is 1. The van der Waals surface area contributed by atoms with Crippen LogP contribution < -0.4 is 10.6 Å². The van der Waals surface area contributed by atoms with Crippen LogP contribution >= 0.6 is 0 Å². The van der Waals surface area contributed by atoms with E-state index in [1.807, 2.05) is 32.9 Å². The number of methoxy groups -OCH3 is 1. The summed E-state index contributed by atoms with van der Waals surface area (Å²) in [6.07, 6.45) is 9.10. The number of rotatable bonds is 13. The number of aryl methyl sites for hydroxylation is 1. The molecule has 2 heterocycles. The minimum absolute atomic E-state index is 0.229. The third kappa shape index (κ3) is 9.43. The molecule has 1 saturated heterocycles. The number of likely N-dealkylation sites (tertiary alicyclic amines) is 1. The maximum Gasteiger partial charge on any atom is 0.274 e. The molecular weight excluding hydrogens is 603 g/mol. The summed E-state index contributed by atoms with van der Waals surface area (Å²) < 4.78 is 27.1. The van der Waals surface area contributed by atoms with Crippen molar-refractivity contribution in [1.29, 1.82) is 0 Å². The zero-order valence-corrected chi connectivity index (χ0v) is 28.6. The third-order valence-corrected chi connectivity index (χ3v) is 8.76. The van der Waals surface area contributed by atoms with Gasteiger partial charge in [0, 0.05) is 45.6 Å². The van der Waals surface area contributed by atoms with Crippen LogP contribution in [0.15, 0.2) is 60.5 Å². The topological polar surface area (TPSA) is 118 Å². The molecule has 47 heavy (non-hydrogen) atoms. The first-order valence-electron chi connectivity index (χ1n) is 16.2. The summed E-state index contributed by atoms with van der Waals surface area (Å²) in [6, 6.07) is 4.52. The molecule has 0 bridgehead atoms. The molecule has 4 rings (SSSR count). The van der Waals surface area contributed by atoms with Gasteiger partial charge in [0.25, 0.3) is 5.91 Å². The van der Waals surface area contributed by atoms with Crippen LogP contribution in [0.25, 0.3) is 0 Å². The first-order valence-corrected chi connectivity index (χ1v) is 16.2. The molecule has 256 valence electrons. The van der Waals surface area contributed by atoms with E-state index < -0.39 is 23.5 Å². The third-order valence-electron chi connectivity index (χ3n) is 8.76. The van der Waals surface area contributed by atoms with Gasteiger partial charge >= 0.3 is 0 Å². The van der Waals surface area contributed by atoms with Crippen LogP contribution in [0.3, 0.4) is 0 Å². The van der Waals surface area contributed by atoms with E-state index in [0.29, 0.717) is 38.0 Å². The maximum absolute atomic E-state index is 14.4. The van der Waals surface area contributed by atoms with Gasteiger partial charge in [-0.15, -0.1) is 0 Å². The predicted molar refractivity (Wildman–Crippen MR) is 177 cm³/mol. The molecule has 0 unspecified atom stereocenters. The van der Waals surface area contributed by atoms with Crippen molar-refractivity contribution in [2.75, 3.05) is 33.8 Å². The van der Waals surface area contributed by atoms with Gasteiger partial charge in [0.15, 0.2) is 0 Å². The molecule has 2 aromatic rings. The van der Waals surface area contributed by atoms with Gasteiger partial charge in [-0.25, -0.2) is 9.37 Å². The zero-order chi connectivity index (χ0) is 34.3. The van der Waals surface area contributed by atoms with Crippen molar-refractivity contribution in [3.63, 3.8) is 0 Å². The van der Waals surface area contributed by atoms with Crippen molar-refractivity contribution >= 4 is 17.7 Å². The normalized spacial score (nSPS) is 19.4. The van der Waals surface area contributed by atoms with E-state index in [1.54, 1.807) is 67.2 Å². The molecule has 2 aliphatic rings. The molecule has 0 saturated carbocycles. The van der Waals surface area contributed by atoms with E-state index in [9.17, 15) is 18.8 Å². The van der Waals surface area contributed by atoms with Crippen molar-refractivity contribution < 1.29 is 28.2 Å². The number of carbonyl (C=O) groups is 3. The molecule has 2 N–H and O–H groups in total. The lowest BCUT2D eigenvalue weighted by Gasteiger charge is -2.37. The lowest BCUT2D eigenvalue weighted by Crippen LogP contribution is -2.59. The van der Waals surface area contributed by atoms with Crippen molar-refractivity contribution in [3.05, 3.63) is 77.5 Å². The zero-order valence-electron chi connectivity index (χ0n) is 28.6. The number of benzene rings is 1. The minimum Gasteiger partial charge on any atom is -0.501 e. The van der Waals surface area contributed by atoms with Crippen molar-refractivity contribution in [3.8, 4) is 0 Å². The second-order valence-electron chi connectivity index (χ2n) is 13.5. The number of allylic oxidation sites excluding steroid dienone is 4. The smallest absolute Gasteiger partial charge is 0.274 e. The summed E-state index contributed by atoms with van der Waals surface area (Å²) in [4.78, 5) is 49.1. The Morgan fingerprint density at radius 1 is 1.13 bits per heavy atom. The Morgan fingerprint density at radius 3 is 2.38 bits per heavy atom. The number of nitrogens with one attached hydrogen (secondary N) is 2. The van der Waals surface area contributed by atoms with Crippen LogP contribution in [-0.2, 0) is 32.5 Å². The van der Waals surface area contributed by atoms with Crippen molar-refractivity contribution in [2.45, 2.75) is 77.6 Å². The summed E-state index contributed by atoms with van der Waals surface area (Å²) in [5.74, 6) is 0.595. The van der Waals surface area contributed by atoms with Crippen LogP contribution in [0.2, 0.25) is 0 Å². The molecule has 3 amide bonds. The van der Waals surface area contributed by atoms with E-state index in [4.69, 9.17) is 9.47 Å². The Balaban J connectivity index is 1.63. The number of hydrogen-bond donors (Lipinski definition) is 2. The summed E-state index contributed by atoms with van der Waals surface area (Å²) in [5.41, 5.74) is 0.583. The second-order valence-corrected chi connectivity index (χ2v) is 13.5. The number of ether oxygens (including phenoxy) is 2. The number of imidazole rings is 1. The highest BCUT2D eigenvalue weighted by molar-refractivity contribution is 5.92. The second kappa shape index (κ2) is 15.6. The van der Waals surface area contributed by atoms with Gasteiger partial charge in [-0.3, -0.25) is 14.4 Å². The number of hydrogen-bond acceptors (Lipinski definition) is 7. The van der Waals surface area contributed by atoms with Gasteiger partial charge in [-0.2, -0.15) is 0 Å². The molecule has 11 nitrogen and oxygen atoms in total. The monoisotopic (exact) mass is 652 g/mol. The van der Waals surface area contributed by atoms with Gasteiger partial charge in [-0.05, 0) is 55.7 Å².